The van der Waals surface area contributed by atoms with E-state index >= 15 is 0 Å². The van der Waals surface area contributed by atoms with Gasteiger partial charge in [-0.25, -0.2) is 13.0 Å². The van der Waals surface area contributed by atoms with E-state index in [0.717, 1.165) is 10.1 Å². The van der Waals surface area contributed by atoms with Crippen LogP contribution in [-0.2, 0) is 10.0 Å². The van der Waals surface area contributed by atoms with Gasteiger partial charge in [0.25, 0.3) is 15.6 Å². The van der Waals surface area contributed by atoms with Crippen LogP contribution in [0, 0.1) is 6.92 Å². The van der Waals surface area contributed by atoms with Gasteiger partial charge in [-0.1, -0.05) is 54.1 Å². The molecule has 0 saturated carbocycles. The number of rotatable bonds is 7. The van der Waals surface area contributed by atoms with Crippen LogP contribution in [0.25, 0.3) is 16.5 Å². The molecule has 1 aromatic heterocycles. The number of hydrogen-bond donors (Lipinski definition) is 2. The molecule has 0 spiro atoms. The molecule has 0 aliphatic carbocycles. The summed E-state index contributed by atoms with van der Waals surface area (Å²) in [5.41, 5.74) is 1.66. The van der Waals surface area contributed by atoms with Gasteiger partial charge in [-0.3, -0.25) is 14.5 Å². The number of fused-ring (bicyclic) bond motifs is 1. The molecule has 0 radical (unpaired) electrons. The maximum atomic E-state index is 13.6. The number of hydrogen-bond acceptors (Lipinski definition) is 6. The lowest BCUT2D eigenvalue weighted by molar-refractivity contribution is 0.417. The number of nitrogens with one attached hydrogen (secondary N) is 1. The number of aromatic nitrogens is 1. The maximum absolute atomic E-state index is 13.6. The number of anilines is 1. The van der Waals surface area contributed by atoms with Gasteiger partial charge in [0.15, 0.2) is 0 Å². The van der Waals surface area contributed by atoms with E-state index in [1.807, 2.05) is 13.0 Å². The first-order chi connectivity index (χ1) is 19.2. The van der Waals surface area contributed by atoms with Crippen LogP contribution >= 0.6 is 11.6 Å². The third-order valence-corrected chi connectivity index (χ3v) is 7.94. The number of ether oxygens (including phenoxy) is 1. The van der Waals surface area contributed by atoms with Crippen molar-refractivity contribution in [3.05, 3.63) is 117 Å². The standard InChI is InChI=1S/C30H24ClN3O5S/c1-19-14-15-20(31)16-27(19)32-18-25-23-10-3-4-11-24(23)29(35)34(30(25)36)21-8-7-9-22(17-21)40(37,38)33-26-12-5-6-13-28(26)39-2/h3-18,33,36H,1-2H3. The number of aryl methyl sites for hydroxylation is 1. The minimum atomic E-state index is -4.08. The lowest BCUT2D eigenvalue weighted by Gasteiger charge is -2.15. The number of benzene rings is 4. The lowest BCUT2D eigenvalue weighted by Crippen LogP contribution is -2.21. The van der Waals surface area contributed by atoms with Crippen LogP contribution in [0.5, 0.6) is 11.6 Å². The molecule has 1 heterocycles. The highest BCUT2D eigenvalue weighted by molar-refractivity contribution is 7.92. The van der Waals surface area contributed by atoms with Gasteiger partial charge in [-0.05, 0) is 61.0 Å². The first kappa shape index (κ1) is 27.0. The molecule has 0 aliphatic rings. The molecule has 5 aromatic rings. The smallest absolute Gasteiger partial charge is 0.265 e. The Morgan fingerprint density at radius 3 is 2.45 bits per heavy atom. The Balaban J connectivity index is 1.65. The summed E-state index contributed by atoms with van der Waals surface area (Å²) in [6, 6.07) is 24.5. The zero-order valence-corrected chi connectivity index (χ0v) is 23.1. The van der Waals surface area contributed by atoms with E-state index in [2.05, 4.69) is 9.71 Å². The summed E-state index contributed by atoms with van der Waals surface area (Å²) in [5, 5.41) is 12.7. The molecule has 0 saturated heterocycles. The first-order valence-electron chi connectivity index (χ1n) is 12.1. The topological polar surface area (TPSA) is 110 Å². The minimum Gasteiger partial charge on any atom is -0.495 e. The fourth-order valence-electron chi connectivity index (χ4n) is 4.31. The normalized spacial score (nSPS) is 11.7. The number of methoxy groups -OCH3 is 1. The van der Waals surface area contributed by atoms with Gasteiger partial charge in [-0.15, -0.1) is 0 Å². The Hall–Kier alpha value is -4.60. The second kappa shape index (κ2) is 10.9. The van der Waals surface area contributed by atoms with Crippen LogP contribution in [-0.4, -0.2) is 31.4 Å². The van der Waals surface area contributed by atoms with Crippen molar-refractivity contribution in [2.24, 2.45) is 4.99 Å². The Bertz CT molecular complexity index is 1950. The molecule has 202 valence electrons. The quantitative estimate of drug-likeness (QED) is 0.225. The van der Waals surface area contributed by atoms with Crippen LogP contribution in [0.4, 0.5) is 11.4 Å². The molecule has 0 unspecified atom stereocenters. The van der Waals surface area contributed by atoms with E-state index in [-0.39, 0.29) is 27.7 Å². The second-order valence-corrected chi connectivity index (χ2v) is 11.0. The Kier molecular flexibility index (Phi) is 7.34. The van der Waals surface area contributed by atoms with Gasteiger partial charge >= 0.3 is 0 Å². The van der Waals surface area contributed by atoms with E-state index in [9.17, 15) is 18.3 Å². The monoisotopic (exact) mass is 573 g/mol. The summed E-state index contributed by atoms with van der Waals surface area (Å²) in [6.45, 7) is 1.88. The number of halogens is 1. The summed E-state index contributed by atoms with van der Waals surface area (Å²) in [4.78, 5) is 18.0. The number of aliphatic imine (C=N–C) groups is 1. The molecule has 2 N–H and O–H groups in total. The number of aromatic hydroxyl groups is 1. The molecular formula is C30H24ClN3O5S. The number of pyridine rings is 1. The van der Waals surface area contributed by atoms with Crippen LogP contribution in [0.1, 0.15) is 11.1 Å². The van der Waals surface area contributed by atoms with Crippen molar-refractivity contribution >= 4 is 50.0 Å². The summed E-state index contributed by atoms with van der Waals surface area (Å²) >= 11 is 6.14. The fraction of sp³-hybridized carbons (Fsp3) is 0.0667. The van der Waals surface area contributed by atoms with Gasteiger partial charge in [0.1, 0.15) is 5.75 Å². The Morgan fingerprint density at radius 1 is 0.950 bits per heavy atom. The van der Waals surface area contributed by atoms with Crippen LogP contribution in [0.3, 0.4) is 0 Å². The van der Waals surface area contributed by atoms with Gasteiger partial charge in [0.2, 0.25) is 5.88 Å². The number of nitrogens with zero attached hydrogens (tertiary/aromatic N) is 2. The average Bonchev–Trinajstić information content (AvgIpc) is 2.95. The van der Waals surface area contributed by atoms with Crippen LogP contribution in [0.2, 0.25) is 5.02 Å². The molecule has 0 amide bonds. The molecular weight excluding hydrogens is 550 g/mol. The summed E-state index contributed by atoms with van der Waals surface area (Å²) in [6.07, 6.45) is 1.47. The molecule has 4 aromatic carbocycles. The SMILES string of the molecule is COc1ccccc1NS(=O)(=O)c1cccc(-n2c(O)c(C=Nc3cc(Cl)ccc3C)c3ccccc3c2=O)c1. The molecule has 8 nitrogen and oxygen atoms in total. The zero-order valence-electron chi connectivity index (χ0n) is 21.5. The first-order valence-corrected chi connectivity index (χ1v) is 14.0. The minimum absolute atomic E-state index is 0.111. The summed E-state index contributed by atoms with van der Waals surface area (Å²) < 4.78 is 35.4. The predicted octanol–water partition coefficient (Wildman–Crippen LogP) is 6.22. The maximum Gasteiger partial charge on any atom is 0.265 e. The van der Waals surface area contributed by atoms with Crippen LogP contribution < -0.4 is 15.0 Å². The highest BCUT2D eigenvalue weighted by Crippen LogP contribution is 2.30. The van der Waals surface area contributed by atoms with Crippen LogP contribution in [0.15, 0.2) is 106 Å². The second-order valence-electron chi connectivity index (χ2n) is 8.92. The number of sulfonamides is 1. The molecule has 0 bridgehead atoms. The molecule has 0 aliphatic heterocycles. The molecule has 40 heavy (non-hydrogen) atoms. The van der Waals surface area contributed by atoms with Crippen molar-refractivity contribution in [3.8, 4) is 17.3 Å². The number of para-hydroxylation sites is 2. The van der Waals surface area contributed by atoms with Crippen molar-refractivity contribution < 1.29 is 18.3 Å². The highest BCUT2D eigenvalue weighted by atomic mass is 35.5. The average molecular weight is 574 g/mol. The van der Waals surface area contributed by atoms with E-state index < -0.39 is 15.6 Å². The molecule has 10 heteroatoms. The van der Waals surface area contributed by atoms with E-state index in [1.54, 1.807) is 66.7 Å². The third-order valence-electron chi connectivity index (χ3n) is 6.34. The molecule has 0 atom stereocenters. The summed E-state index contributed by atoms with van der Waals surface area (Å²) in [5.74, 6) is -0.0381. The highest BCUT2D eigenvalue weighted by Gasteiger charge is 2.20. The van der Waals surface area contributed by atoms with E-state index in [1.165, 1.54) is 31.5 Å². The lowest BCUT2D eigenvalue weighted by atomic mass is 10.1. The van der Waals surface area contributed by atoms with E-state index in [4.69, 9.17) is 16.3 Å². The van der Waals surface area contributed by atoms with Crippen molar-refractivity contribution in [2.45, 2.75) is 11.8 Å². The van der Waals surface area contributed by atoms with Gasteiger partial charge in [0.05, 0.1) is 34.6 Å². The van der Waals surface area contributed by atoms with Gasteiger partial charge in [-0.2, -0.15) is 0 Å². The van der Waals surface area contributed by atoms with Crippen molar-refractivity contribution in [2.75, 3.05) is 11.8 Å². The zero-order chi connectivity index (χ0) is 28.4. The molecule has 0 fully saturated rings. The third kappa shape index (κ3) is 5.16. The van der Waals surface area contributed by atoms with Gasteiger partial charge in [0, 0.05) is 22.0 Å². The van der Waals surface area contributed by atoms with E-state index in [0.29, 0.717) is 27.2 Å². The van der Waals surface area contributed by atoms with Crippen molar-refractivity contribution in [1.29, 1.82) is 0 Å². The van der Waals surface area contributed by atoms with Gasteiger partial charge < -0.3 is 9.84 Å². The van der Waals surface area contributed by atoms with Crippen molar-refractivity contribution in [1.82, 2.24) is 4.57 Å². The molecule has 5 rings (SSSR count). The Labute approximate surface area is 235 Å². The Morgan fingerprint density at radius 2 is 1.68 bits per heavy atom. The van der Waals surface area contributed by atoms with Crippen molar-refractivity contribution in [3.63, 3.8) is 0 Å². The summed E-state index contributed by atoms with van der Waals surface area (Å²) in [7, 11) is -2.63. The fourth-order valence-corrected chi connectivity index (χ4v) is 5.58. The largest absolute Gasteiger partial charge is 0.495 e. The predicted molar refractivity (Wildman–Crippen MR) is 158 cm³/mol.